The summed E-state index contributed by atoms with van der Waals surface area (Å²) < 4.78 is 10.8. The van der Waals surface area contributed by atoms with Crippen LogP contribution >= 0.6 is 0 Å². The fraction of sp³-hybridized carbons (Fsp3) is 0.857. The molecule has 1 aromatic heterocycles. The van der Waals surface area contributed by atoms with E-state index in [4.69, 9.17) is 9.26 Å². The summed E-state index contributed by atoms with van der Waals surface area (Å²) in [7, 11) is 0. The molecular weight excluding hydrogens is 370 g/mol. The molecule has 4 heterocycles. The van der Waals surface area contributed by atoms with E-state index in [1.54, 1.807) is 0 Å². The van der Waals surface area contributed by atoms with Gasteiger partial charge in [-0.1, -0.05) is 19.0 Å². The van der Waals surface area contributed by atoms with Crippen LogP contribution in [0.5, 0.6) is 0 Å². The average Bonchev–Trinajstić information content (AvgIpc) is 3.15. The van der Waals surface area contributed by atoms with E-state index in [1.165, 1.54) is 0 Å². The second kappa shape index (κ2) is 9.53. The van der Waals surface area contributed by atoms with Crippen molar-refractivity contribution in [3.8, 4) is 0 Å². The largest absolute Gasteiger partial charge is 0.381 e. The number of carbonyl (C=O) groups is 1. The van der Waals surface area contributed by atoms with Gasteiger partial charge in [0.1, 0.15) is 0 Å². The number of hydrogen-bond donors (Lipinski definition) is 0. The zero-order chi connectivity index (χ0) is 20.2. The Labute approximate surface area is 173 Å². The van der Waals surface area contributed by atoms with Gasteiger partial charge in [0.2, 0.25) is 11.8 Å². The number of nitrogens with zero attached hydrogens (tertiary/aromatic N) is 5. The van der Waals surface area contributed by atoms with Crippen LogP contribution in [-0.4, -0.2) is 88.8 Å². The molecule has 29 heavy (non-hydrogen) atoms. The van der Waals surface area contributed by atoms with Crippen molar-refractivity contribution in [3.05, 3.63) is 11.7 Å². The van der Waals surface area contributed by atoms with E-state index in [-0.39, 0.29) is 6.04 Å². The van der Waals surface area contributed by atoms with Crippen molar-refractivity contribution in [1.29, 1.82) is 0 Å². The summed E-state index contributed by atoms with van der Waals surface area (Å²) in [6.07, 6.45) is 4.89. The number of amides is 1. The van der Waals surface area contributed by atoms with Crippen LogP contribution in [0.1, 0.15) is 51.2 Å². The smallest absolute Gasteiger partial charge is 0.240 e. The summed E-state index contributed by atoms with van der Waals surface area (Å²) in [6, 6.07) is 0.426. The highest BCUT2D eigenvalue weighted by atomic mass is 16.5. The molecular formula is C21H35N5O3. The summed E-state index contributed by atoms with van der Waals surface area (Å²) in [5, 5.41) is 4.13. The molecule has 162 valence electrons. The summed E-state index contributed by atoms with van der Waals surface area (Å²) in [5.41, 5.74) is 0. The molecule has 1 unspecified atom stereocenters. The van der Waals surface area contributed by atoms with Gasteiger partial charge in [0.05, 0.1) is 12.6 Å². The first-order valence-electron chi connectivity index (χ1n) is 11.3. The van der Waals surface area contributed by atoms with E-state index in [1.807, 2.05) is 0 Å². The Kier molecular flexibility index (Phi) is 6.82. The molecule has 0 bridgehead atoms. The number of piperidine rings is 1. The Morgan fingerprint density at radius 2 is 1.83 bits per heavy atom. The maximum Gasteiger partial charge on any atom is 0.240 e. The molecule has 0 spiro atoms. The van der Waals surface area contributed by atoms with E-state index >= 15 is 0 Å². The van der Waals surface area contributed by atoms with Crippen LogP contribution in [0.15, 0.2) is 4.52 Å². The highest BCUT2D eigenvalue weighted by molar-refractivity contribution is 5.83. The number of rotatable bonds is 6. The molecule has 8 nitrogen and oxygen atoms in total. The minimum atomic E-state index is 0.0524. The van der Waals surface area contributed by atoms with Gasteiger partial charge in [-0.3, -0.25) is 14.6 Å². The molecule has 3 aliphatic rings. The molecule has 3 aliphatic heterocycles. The lowest BCUT2D eigenvalue weighted by Gasteiger charge is -2.45. The van der Waals surface area contributed by atoms with Gasteiger partial charge in [-0.25, -0.2) is 0 Å². The number of aromatic nitrogens is 2. The van der Waals surface area contributed by atoms with E-state index in [0.29, 0.717) is 17.9 Å². The monoisotopic (exact) mass is 405 g/mol. The first-order chi connectivity index (χ1) is 14.1. The Bertz CT molecular complexity index is 665. The summed E-state index contributed by atoms with van der Waals surface area (Å²) in [5.74, 6) is 2.36. The predicted octanol–water partition coefficient (Wildman–Crippen LogP) is 1.56. The summed E-state index contributed by atoms with van der Waals surface area (Å²) in [6.45, 7) is 11.2. The first kappa shape index (κ1) is 20.8. The Hall–Kier alpha value is -1.51. The fourth-order valence-corrected chi connectivity index (χ4v) is 4.80. The van der Waals surface area contributed by atoms with Gasteiger partial charge in [0.25, 0.3) is 0 Å². The maximum atomic E-state index is 13.2. The highest BCUT2D eigenvalue weighted by Crippen LogP contribution is 2.24. The molecule has 0 N–H and O–H groups in total. The summed E-state index contributed by atoms with van der Waals surface area (Å²) in [4.78, 5) is 24.6. The molecule has 1 amide bonds. The Morgan fingerprint density at radius 3 is 2.55 bits per heavy atom. The summed E-state index contributed by atoms with van der Waals surface area (Å²) >= 11 is 0. The lowest BCUT2D eigenvalue weighted by molar-refractivity contribution is -0.145. The Balaban J connectivity index is 1.27. The van der Waals surface area contributed by atoms with Crippen molar-refractivity contribution in [1.82, 2.24) is 24.8 Å². The van der Waals surface area contributed by atoms with E-state index in [9.17, 15) is 4.79 Å². The number of likely N-dealkylation sites (tertiary alicyclic amines) is 1. The van der Waals surface area contributed by atoms with Gasteiger partial charge >= 0.3 is 0 Å². The van der Waals surface area contributed by atoms with E-state index in [0.717, 1.165) is 96.3 Å². The molecule has 8 heteroatoms. The van der Waals surface area contributed by atoms with Crippen LogP contribution in [0, 0.1) is 5.92 Å². The molecule has 0 radical (unpaired) electrons. The zero-order valence-electron chi connectivity index (χ0n) is 17.9. The molecule has 1 atom stereocenters. The van der Waals surface area contributed by atoms with Crippen LogP contribution in [0.3, 0.4) is 0 Å². The molecule has 3 fully saturated rings. The minimum absolute atomic E-state index is 0.0524. The topological polar surface area (TPSA) is 74.9 Å². The number of piperazine rings is 1. The van der Waals surface area contributed by atoms with Crippen molar-refractivity contribution in [3.63, 3.8) is 0 Å². The van der Waals surface area contributed by atoms with Crippen molar-refractivity contribution < 1.29 is 14.1 Å². The minimum Gasteiger partial charge on any atom is -0.381 e. The number of carbonyl (C=O) groups excluding carboxylic acids is 1. The van der Waals surface area contributed by atoms with Crippen LogP contribution in [0.2, 0.25) is 0 Å². The van der Waals surface area contributed by atoms with Crippen molar-refractivity contribution in [2.75, 3.05) is 45.9 Å². The van der Waals surface area contributed by atoms with Crippen LogP contribution < -0.4 is 0 Å². The fourth-order valence-electron chi connectivity index (χ4n) is 4.80. The van der Waals surface area contributed by atoms with Gasteiger partial charge in [0, 0.05) is 58.4 Å². The van der Waals surface area contributed by atoms with E-state index in [2.05, 4.69) is 38.7 Å². The number of ether oxygens (including phenoxy) is 1. The standard InChI is InChI=1S/C21H35N5O3/c1-16(2)14-20-22-19(23-29-20)15-24-8-10-25(11-9-24)18-4-3-7-26(21(18)27)17-5-12-28-13-6-17/h16-18H,3-15H2,1-2H3. The maximum absolute atomic E-state index is 13.2. The van der Waals surface area contributed by atoms with Crippen molar-refractivity contribution in [2.45, 2.75) is 64.6 Å². The second-order valence-corrected chi connectivity index (χ2v) is 9.05. The SMILES string of the molecule is CC(C)Cc1nc(CN2CCN(C3CCCN(C4CCOCC4)C3=O)CC2)no1. The third-order valence-electron chi connectivity index (χ3n) is 6.38. The molecule has 4 rings (SSSR count). The number of hydrogen-bond acceptors (Lipinski definition) is 7. The quantitative estimate of drug-likeness (QED) is 0.711. The van der Waals surface area contributed by atoms with Gasteiger partial charge in [-0.05, 0) is 31.6 Å². The third-order valence-corrected chi connectivity index (χ3v) is 6.38. The second-order valence-electron chi connectivity index (χ2n) is 9.05. The first-order valence-corrected chi connectivity index (χ1v) is 11.3. The molecule has 0 aromatic carbocycles. The third kappa shape index (κ3) is 5.16. The Morgan fingerprint density at radius 1 is 1.07 bits per heavy atom. The van der Waals surface area contributed by atoms with Gasteiger partial charge in [0.15, 0.2) is 5.82 Å². The van der Waals surface area contributed by atoms with Gasteiger partial charge < -0.3 is 14.2 Å². The molecule has 3 saturated heterocycles. The normalized spacial score (nSPS) is 25.8. The highest BCUT2D eigenvalue weighted by Gasteiger charge is 2.37. The lowest BCUT2D eigenvalue weighted by atomic mass is 9.97. The molecule has 1 aromatic rings. The van der Waals surface area contributed by atoms with Crippen LogP contribution in [-0.2, 0) is 22.5 Å². The van der Waals surface area contributed by atoms with Crippen LogP contribution in [0.25, 0.3) is 0 Å². The predicted molar refractivity (Wildman–Crippen MR) is 108 cm³/mol. The molecule has 0 saturated carbocycles. The van der Waals surface area contributed by atoms with Gasteiger partial charge in [-0.2, -0.15) is 4.98 Å². The molecule has 0 aliphatic carbocycles. The van der Waals surface area contributed by atoms with Crippen molar-refractivity contribution >= 4 is 5.91 Å². The lowest BCUT2D eigenvalue weighted by Crippen LogP contribution is -2.59. The van der Waals surface area contributed by atoms with Crippen LogP contribution in [0.4, 0.5) is 0 Å². The van der Waals surface area contributed by atoms with Crippen molar-refractivity contribution in [2.24, 2.45) is 5.92 Å². The average molecular weight is 406 g/mol. The van der Waals surface area contributed by atoms with E-state index < -0.39 is 0 Å². The zero-order valence-corrected chi connectivity index (χ0v) is 17.9. The van der Waals surface area contributed by atoms with Gasteiger partial charge in [-0.15, -0.1) is 0 Å².